The van der Waals surface area contributed by atoms with Gasteiger partial charge in [0.05, 0.1) is 37.1 Å². The number of esters is 2. The summed E-state index contributed by atoms with van der Waals surface area (Å²) in [5, 5.41) is 79.8. The van der Waals surface area contributed by atoms with E-state index in [4.69, 9.17) is 23.0 Å². The van der Waals surface area contributed by atoms with Crippen LogP contribution >= 0.6 is 15.6 Å². The van der Waals surface area contributed by atoms with Gasteiger partial charge in [0, 0.05) is 31.1 Å². The highest BCUT2D eigenvalue weighted by Crippen LogP contribution is 2.50. The number of hydrogen-bond donors (Lipinski definition) is 10. The number of aliphatic hydroxyl groups excluding tert-OH is 7. The molecule has 1 heterocycles. The quantitative estimate of drug-likeness (QED) is 0.0222. The number of rotatable bonds is 24. The average molecular weight is 1040 g/mol. The fourth-order valence-corrected chi connectivity index (χ4v) is 9.61. The third kappa shape index (κ3) is 27.0. The minimum atomic E-state index is -5.77. The molecule has 0 spiro atoms. The largest absolute Gasteiger partial charge is 0.472 e. The van der Waals surface area contributed by atoms with Gasteiger partial charge in [-0.1, -0.05) is 120 Å². The summed E-state index contributed by atoms with van der Waals surface area (Å²) in [5.41, 5.74) is 0. The summed E-state index contributed by atoms with van der Waals surface area (Å²) >= 11 is 0. The lowest BCUT2D eigenvalue weighted by atomic mass is 9.83. The Kier molecular flexibility index (Phi) is 32.5. The number of phosphoric ester groups is 2. The van der Waals surface area contributed by atoms with Gasteiger partial charge in [-0.15, -0.1) is 0 Å². The lowest BCUT2D eigenvalue weighted by Crippen LogP contribution is -2.56. The highest BCUT2D eigenvalue weighted by molar-refractivity contribution is 7.47. The standard InChI is InChI=1S/C49H84O19P2/c1-3-5-7-8-9-10-11-12-13-14-15-16-17-18-19-20-26-30-43(54)66-37-34-64-42(53)29-25-22-21-24-28-38-40(51)33-41(52)39(32-31-36(50)27-23-6-4-2)45(56)48(67-69(59,60)61)49(47(58)46(57)44(38)55)68-70(62,63)65-35-37/h9-10,12-13,15-16,21,24,31-32,36-41,44-52,55-58H,3-8,11,14,17-20,22-23,25-30,33-35H2,1-2H3,(H,62,63)(H2,59,60,61)/b10-9-,13-12-,16-15-,24-21+,32-31+/t36-,37+,38-,39-,40-,41+,44+,45+,46-,47+,48+,49-/m0/s1. The van der Waals surface area contributed by atoms with Crippen LogP contribution in [0.3, 0.4) is 0 Å². The second-order valence-electron chi connectivity index (χ2n) is 18.1. The minimum Gasteiger partial charge on any atom is -0.462 e. The molecule has 1 aliphatic carbocycles. The zero-order valence-corrected chi connectivity index (χ0v) is 42.8. The number of carbonyl (C=O) groups excluding carboxylic acids is 2. The van der Waals surface area contributed by atoms with Crippen LogP contribution in [0.5, 0.6) is 0 Å². The van der Waals surface area contributed by atoms with Crippen molar-refractivity contribution < 1.29 is 92.2 Å². The summed E-state index contributed by atoms with van der Waals surface area (Å²) in [7, 11) is -11.5. The van der Waals surface area contributed by atoms with Crippen LogP contribution in [0.2, 0.25) is 0 Å². The zero-order valence-electron chi connectivity index (χ0n) is 41.0. The molecule has 404 valence electrons. The molecule has 70 heavy (non-hydrogen) atoms. The molecule has 0 aromatic rings. The summed E-state index contributed by atoms with van der Waals surface area (Å²) in [4.78, 5) is 56.8. The Morgan fingerprint density at radius 1 is 0.814 bits per heavy atom. The van der Waals surface area contributed by atoms with Crippen molar-refractivity contribution in [2.24, 2.45) is 11.8 Å². The van der Waals surface area contributed by atoms with E-state index in [1.165, 1.54) is 31.4 Å². The van der Waals surface area contributed by atoms with Crippen molar-refractivity contribution in [2.45, 2.75) is 210 Å². The number of hydrogen-bond acceptors (Lipinski definition) is 16. The van der Waals surface area contributed by atoms with E-state index in [9.17, 15) is 69.1 Å². The molecule has 2 rings (SSSR count). The fourth-order valence-electron chi connectivity index (χ4n) is 8.08. The van der Waals surface area contributed by atoms with Crippen molar-refractivity contribution in [1.29, 1.82) is 0 Å². The van der Waals surface area contributed by atoms with E-state index in [-0.39, 0.29) is 32.1 Å². The number of cyclic esters (lactones) is 1. The van der Waals surface area contributed by atoms with Crippen LogP contribution < -0.4 is 0 Å². The predicted octanol–water partition coefficient (Wildman–Crippen LogP) is 6.22. The molecule has 2 aliphatic rings. The van der Waals surface area contributed by atoms with Crippen LogP contribution in [0.4, 0.5) is 0 Å². The monoisotopic (exact) mass is 1040 g/mol. The highest BCUT2D eigenvalue weighted by atomic mass is 31.2. The van der Waals surface area contributed by atoms with Gasteiger partial charge >= 0.3 is 27.6 Å². The third-order valence-electron chi connectivity index (χ3n) is 12.1. The number of allylic oxidation sites excluding steroid dienone is 8. The molecule has 0 radical (unpaired) electrons. The van der Waals surface area contributed by atoms with Gasteiger partial charge in [-0.3, -0.25) is 23.2 Å². The molecule has 0 aromatic carbocycles. The first-order valence-electron chi connectivity index (χ1n) is 25.1. The van der Waals surface area contributed by atoms with Gasteiger partial charge in [0.25, 0.3) is 0 Å². The number of aliphatic hydroxyl groups is 7. The van der Waals surface area contributed by atoms with Gasteiger partial charge in [0.1, 0.15) is 31.0 Å². The summed E-state index contributed by atoms with van der Waals surface area (Å²) < 4.78 is 52.3. The van der Waals surface area contributed by atoms with Gasteiger partial charge in [-0.25, -0.2) is 9.13 Å². The van der Waals surface area contributed by atoms with Crippen molar-refractivity contribution in [3.63, 3.8) is 0 Å². The second kappa shape index (κ2) is 35.7. The molecule has 0 amide bonds. The van der Waals surface area contributed by atoms with Gasteiger partial charge < -0.3 is 59.9 Å². The molecule has 0 aromatic heterocycles. The van der Waals surface area contributed by atoms with Gasteiger partial charge in [-0.2, -0.15) is 0 Å². The molecule has 2 bridgehead atoms. The van der Waals surface area contributed by atoms with E-state index in [0.717, 1.165) is 57.4 Å². The number of carbonyl (C=O) groups is 2. The number of ether oxygens (including phenoxy) is 2. The maximum atomic E-state index is 13.8. The van der Waals surface area contributed by atoms with Crippen LogP contribution in [-0.2, 0) is 41.8 Å². The molecular weight excluding hydrogens is 954 g/mol. The van der Waals surface area contributed by atoms with E-state index in [0.29, 0.717) is 25.7 Å². The summed E-state index contributed by atoms with van der Waals surface area (Å²) in [6, 6.07) is 0. The maximum Gasteiger partial charge on any atom is 0.472 e. The lowest BCUT2D eigenvalue weighted by molar-refractivity contribution is -0.165. The Morgan fingerprint density at radius 2 is 1.44 bits per heavy atom. The molecule has 1 fully saturated rings. The third-order valence-corrected chi connectivity index (χ3v) is 13.6. The molecular formula is C49H84O19P2. The number of phosphoric acid groups is 2. The Hall–Kier alpha value is -2.42. The summed E-state index contributed by atoms with van der Waals surface area (Å²) in [6.45, 7) is 2.52. The molecule has 1 saturated carbocycles. The van der Waals surface area contributed by atoms with Crippen LogP contribution in [0.1, 0.15) is 149 Å². The molecule has 21 heteroatoms. The zero-order chi connectivity index (χ0) is 52.0. The van der Waals surface area contributed by atoms with Crippen molar-refractivity contribution >= 4 is 27.6 Å². The molecule has 0 saturated heterocycles. The predicted molar refractivity (Wildman–Crippen MR) is 261 cm³/mol. The van der Waals surface area contributed by atoms with E-state index < -0.39 is 120 Å². The summed E-state index contributed by atoms with van der Waals surface area (Å²) in [6.07, 6.45) is 9.53. The summed E-state index contributed by atoms with van der Waals surface area (Å²) in [5.74, 6) is -4.56. The van der Waals surface area contributed by atoms with Crippen LogP contribution in [-0.4, -0.2) is 137 Å². The fraction of sp³-hybridized carbons (Fsp3) is 0.755. The molecule has 1 aliphatic heterocycles. The molecule has 19 nitrogen and oxygen atoms in total. The second-order valence-corrected chi connectivity index (χ2v) is 20.7. The van der Waals surface area contributed by atoms with E-state index in [2.05, 4.69) is 43.4 Å². The highest BCUT2D eigenvalue weighted by Gasteiger charge is 2.51. The first-order valence-corrected chi connectivity index (χ1v) is 28.1. The normalized spacial score (nSPS) is 31.7. The van der Waals surface area contributed by atoms with Gasteiger partial charge in [0.15, 0.2) is 6.10 Å². The Balaban J connectivity index is 2.32. The number of unbranched alkanes of at least 4 members (excludes halogenated alkanes) is 9. The number of fused-ring (bicyclic) bond motifs is 4. The molecule has 10 N–H and O–H groups in total. The van der Waals surface area contributed by atoms with Crippen molar-refractivity contribution in [3.05, 3.63) is 60.8 Å². The SMILES string of the molecule is CCCCC/C=C\C/C=C\C/C=C\CCCCCCC(=O)O[C@@H]1COC(=O)CCC/C=C/C[C@@H]2[C@@H](O)[C@H](O)[C@@H](O)[C@H](OP(=O)(O)OC1)[C@H](OP(=O)(O)O)[C@H](O)[C@@H](/C=C/[C@@H](O)CCCCC)[C@H](O)C[C@@H]2O. The van der Waals surface area contributed by atoms with Crippen molar-refractivity contribution in [2.75, 3.05) is 13.2 Å². The Morgan fingerprint density at radius 3 is 2.10 bits per heavy atom. The van der Waals surface area contributed by atoms with Crippen molar-refractivity contribution in [3.8, 4) is 0 Å². The first-order chi connectivity index (χ1) is 33.3. The van der Waals surface area contributed by atoms with E-state index in [1.54, 1.807) is 6.08 Å². The van der Waals surface area contributed by atoms with Crippen LogP contribution in [0, 0.1) is 11.8 Å². The first kappa shape index (κ1) is 63.7. The minimum absolute atomic E-state index is 0.0571. The van der Waals surface area contributed by atoms with Gasteiger partial charge in [0.2, 0.25) is 0 Å². The van der Waals surface area contributed by atoms with Crippen LogP contribution in [0.25, 0.3) is 0 Å². The van der Waals surface area contributed by atoms with E-state index >= 15 is 0 Å². The lowest BCUT2D eigenvalue weighted by Gasteiger charge is -2.38. The Bertz CT molecular complexity index is 1700. The molecule has 13 atom stereocenters. The maximum absolute atomic E-state index is 13.8. The topological polar surface area (TPSA) is 317 Å². The average Bonchev–Trinajstić information content (AvgIpc) is 3.30. The van der Waals surface area contributed by atoms with Crippen molar-refractivity contribution in [1.82, 2.24) is 0 Å². The van der Waals surface area contributed by atoms with Crippen LogP contribution in [0.15, 0.2) is 60.8 Å². The molecule has 1 unspecified atom stereocenters. The smallest absolute Gasteiger partial charge is 0.462 e. The van der Waals surface area contributed by atoms with Gasteiger partial charge in [-0.05, 0) is 70.6 Å². The van der Waals surface area contributed by atoms with E-state index in [1.807, 2.05) is 6.92 Å². The Labute approximate surface area is 414 Å².